The van der Waals surface area contributed by atoms with Gasteiger partial charge in [-0.3, -0.25) is 0 Å². The van der Waals surface area contributed by atoms with Gasteiger partial charge >= 0.3 is 0 Å². The van der Waals surface area contributed by atoms with Crippen molar-refractivity contribution in [3.05, 3.63) is 398 Å². The first-order chi connectivity index (χ1) is 47.1. The summed E-state index contributed by atoms with van der Waals surface area (Å²) >= 11 is 0. The maximum Gasteiger partial charge on any atom is 0.135 e. The Bertz CT molecular complexity index is 5200. The Balaban J connectivity index is 0.865. The van der Waals surface area contributed by atoms with Crippen LogP contribution in [0.1, 0.15) is 22.3 Å². The number of ether oxygens (including phenoxy) is 2. The van der Waals surface area contributed by atoms with Gasteiger partial charge in [-0.25, -0.2) is 0 Å². The van der Waals surface area contributed by atoms with Crippen LogP contribution in [0.25, 0.3) is 77.9 Å². The zero-order valence-electron chi connectivity index (χ0n) is 52.0. The van der Waals surface area contributed by atoms with Crippen LogP contribution < -0.4 is 19.3 Å². The molecule has 95 heavy (non-hydrogen) atoms. The molecule has 0 saturated carbocycles. The summed E-state index contributed by atoms with van der Waals surface area (Å²) in [5, 5.41) is 0. The van der Waals surface area contributed by atoms with Gasteiger partial charge in [-0.2, -0.15) is 0 Å². The molecule has 448 valence electrons. The van der Waals surface area contributed by atoms with Crippen LogP contribution in [0.4, 0.5) is 34.1 Å². The van der Waals surface area contributed by atoms with Gasteiger partial charge in [-0.05, 0) is 156 Å². The summed E-state index contributed by atoms with van der Waals surface area (Å²) in [5.41, 5.74) is 25.7. The van der Waals surface area contributed by atoms with Gasteiger partial charge in [0.25, 0.3) is 0 Å². The lowest BCUT2D eigenvalue weighted by Gasteiger charge is -2.33. The summed E-state index contributed by atoms with van der Waals surface area (Å²) in [6, 6.07) is 135. The predicted molar refractivity (Wildman–Crippen MR) is 392 cm³/mol. The van der Waals surface area contributed by atoms with Crippen molar-refractivity contribution in [2.75, 3.05) is 9.80 Å². The van der Waals surface area contributed by atoms with Crippen molar-refractivity contribution in [3.8, 4) is 101 Å². The second-order valence-corrected chi connectivity index (χ2v) is 24.3. The van der Waals surface area contributed by atoms with Crippen molar-refractivity contribution in [2.45, 2.75) is 5.41 Å². The summed E-state index contributed by atoms with van der Waals surface area (Å²) in [7, 11) is 0. The maximum atomic E-state index is 7.55. The topological polar surface area (TPSA) is 24.9 Å². The molecule has 0 N–H and O–H groups in total. The summed E-state index contributed by atoms with van der Waals surface area (Å²) in [5.74, 6) is 2.94. The number of anilines is 6. The quantitative estimate of drug-likeness (QED) is 0.102. The number of para-hydroxylation sites is 2. The molecule has 15 aromatic rings. The van der Waals surface area contributed by atoms with E-state index in [0.29, 0.717) is 11.5 Å². The Labute approximate surface area is 554 Å². The highest BCUT2D eigenvalue weighted by atomic mass is 16.5. The standard InChI is InChI=1S/C91H62N2O2/c1-7-29-63(30-8-1)68-39-25-44-76(57-68)94-77-58-70(65-33-11-3-12-34-65)56-75(62-77)93(90-79(66-35-13-4-14-36-66)48-27-49-80(90)67-37-15-5-16-38-67)73-43-26-42-72(60-73)92(71-40-17-6-18-41-71)74-55-69(64-31-9-2-10-32-64)59-78(61-74)95-88-54-28-53-87-89(88)83-47-21-24-52-86(83)91(87)84-50-22-19-45-81(84)82-46-20-23-51-85(82)91/h1-62H. The van der Waals surface area contributed by atoms with Crippen molar-refractivity contribution in [1.82, 2.24) is 0 Å². The molecule has 0 aromatic heterocycles. The lowest BCUT2D eigenvalue weighted by molar-refractivity contribution is 0.483. The summed E-state index contributed by atoms with van der Waals surface area (Å²) < 4.78 is 14.7. The molecule has 17 rings (SSSR count). The van der Waals surface area contributed by atoms with E-state index >= 15 is 0 Å². The van der Waals surface area contributed by atoms with Crippen LogP contribution in [-0.2, 0) is 5.41 Å². The normalized spacial score (nSPS) is 12.1. The van der Waals surface area contributed by atoms with E-state index in [1.165, 1.54) is 38.9 Å². The second-order valence-electron chi connectivity index (χ2n) is 24.3. The van der Waals surface area contributed by atoms with Gasteiger partial charge in [0, 0.05) is 45.9 Å². The maximum absolute atomic E-state index is 7.55. The molecule has 0 saturated heterocycles. The highest BCUT2D eigenvalue weighted by Crippen LogP contribution is 2.64. The molecule has 0 unspecified atom stereocenters. The summed E-state index contributed by atoms with van der Waals surface area (Å²) in [6.07, 6.45) is 0. The minimum atomic E-state index is -0.520. The number of hydrogen-bond donors (Lipinski definition) is 0. The molecule has 4 heteroatoms. The van der Waals surface area contributed by atoms with Crippen molar-refractivity contribution in [3.63, 3.8) is 0 Å². The molecule has 2 aliphatic rings. The van der Waals surface area contributed by atoms with Gasteiger partial charge in [-0.1, -0.05) is 291 Å². The van der Waals surface area contributed by atoms with Crippen LogP contribution in [0.2, 0.25) is 0 Å². The first-order valence-corrected chi connectivity index (χ1v) is 32.4. The van der Waals surface area contributed by atoms with Crippen molar-refractivity contribution in [1.29, 1.82) is 0 Å². The lowest BCUT2D eigenvalue weighted by Crippen LogP contribution is -2.25. The summed E-state index contributed by atoms with van der Waals surface area (Å²) in [4.78, 5) is 4.80. The van der Waals surface area contributed by atoms with E-state index in [9.17, 15) is 0 Å². The molecule has 0 radical (unpaired) electrons. The molecular weight excluding hydrogens is 1150 g/mol. The molecule has 0 atom stereocenters. The van der Waals surface area contributed by atoms with Crippen molar-refractivity contribution in [2.24, 2.45) is 0 Å². The van der Waals surface area contributed by atoms with E-state index in [4.69, 9.17) is 9.47 Å². The van der Waals surface area contributed by atoms with E-state index in [0.717, 1.165) is 107 Å². The minimum absolute atomic E-state index is 0.520. The zero-order valence-corrected chi connectivity index (χ0v) is 52.0. The van der Waals surface area contributed by atoms with Crippen molar-refractivity contribution >= 4 is 34.1 Å². The SMILES string of the molecule is c1ccc(-c2cccc(Oc3cc(-c4ccccc4)cc(N(c4cccc(N(c5ccccc5)c5cc(Oc6cccc7c6-c6ccccc6C76c7ccccc7-c7ccccc76)cc(-c6ccccc6)c5)c4)c4c(-c5ccccc5)cccc4-c4ccccc4)c3)c2)cc1. The second kappa shape index (κ2) is 24.3. The molecule has 0 aliphatic heterocycles. The number of benzene rings is 15. The molecule has 1 spiro atoms. The zero-order chi connectivity index (χ0) is 63.1. The fraction of sp³-hybridized carbons (Fsp3) is 0.0110. The minimum Gasteiger partial charge on any atom is -0.457 e. The van der Waals surface area contributed by atoms with Gasteiger partial charge in [0.2, 0.25) is 0 Å². The molecule has 0 amide bonds. The van der Waals surface area contributed by atoms with Crippen LogP contribution >= 0.6 is 0 Å². The third kappa shape index (κ3) is 10.2. The first-order valence-electron chi connectivity index (χ1n) is 32.4. The molecule has 0 heterocycles. The Hall–Kier alpha value is -12.5. The van der Waals surface area contributed by atoms with Crippen LogP contribution in [0.15, 0.2) is 376 Å². The number of nitrogens with zero attached hydrogens (tertiary/aromatic N) is 2. The third-order valence-electron chi connectivity index (χ3n) is 18.7. The molecular formula is C91H62N2O2. The average Bonchev–Trinajstić information content (AvgIpc) is 1.51. The largest absolute Gasteiger partial charge is 0.457 e. The third-order valence-corrected chi connectivity index (χ3v) is 18.7. The Kier molecular flexibility index (Phi) is 14.4. The van der Waals surface area contributed by atoms with Crippen LogP contribution in [0.3, 0.4) is 0 Å². The van der Waals surface area contributed by atoms with Crippen LogP contribution in [-0.4, -0.2) is 0 Å². The van der Waals surface area contributed by atoms with Gasteiger partial charge in [0.1, 0.15) is 23.0 Å². The van der Waals surface area contributed by atoms with E-state index in [2.05, 4.69) is 374 Å². The van der Waals surface area contributed by atoms with Gasteiger partial charge < -0.3 is 19.3 Å². The fourth-order valence-corrected chi connectivity index (χ4v) is 14.7. The van der Waals surface area contributed by atoms with E-state index < -0.39 is 5.41 Å². The van der Waals surface area contributed by atoms with Crippen molar-refractivity contribution < 1.29 is 9.47 Å². The smallest absolute Gasteiger partial charge is 0.135 e. The summed E-state index contributed by atoms with van der Waals surface area (Å²) in [6.45, 7) is 0. The fourth-order valence-electron chi connectivity index (χ4n) is 14.7. The van der Waals surface area contributed by atoms with Crippen LogP contribution in [0.5, 0.6) is 23.0 Å². The first kappa shape index (κ1) is 56.5. The predicted octanol–water partition coefficient (Wildman–Crippen LogP) is 24.9. The highest BCUT2D eigenvalue weighted by molar-refractivity contribution is 6.00. The van der Waals surface area contributed by atoms with E-state index in [-0.39, 0.29) is 0 Å². The Morgan fingerprint density at radius 3 is 1.13 bits per heavy atom. The number of hydrogen-bond acceptors (Lipinski definition) is 4. The Morgan fingerprint density at radius 1 is 0.200 bits per heavy atom. The highest BCUT2D eigenvalue weighted by Gasteiger charge is 2.52. The van der Waals surface area contributed by atoms with Crippen LogP contribution in [0, 0.1) is 0 Å². The number of rotatable bonds is 15. The Morgan fingerprint density at radius 2 is 0.568 bits per heavy atom. The molecule has 4 nitrogen and oxygen atoms in total. The molecule has 0 fully saturated rings. The van der Waals surface area contributed by atoms with Gasteiger partial charge in [0.05, 0.1) is 22.5 Å². The van der Waals surface area contributed by atoms with E-state index in [1.807, 2.05) is 12.1 Å². The van der Waals surface area contributed by atoms with Gasteiger partial charge in [0.15, 0.2) is 0 Å². The van der Waals surface area contributed by atoms with E-state index in [1.54, 1.807) is 0 Å². The molecule has 0 bridgehead atoms. The lowest BCUT2D eigenvalue weighted by atomic mass is 9.70. The monoisotopic (exact) mass is 1210 g/mol. The molecule has 2 aliphatic carbocycles. The average molecular weight is 1220 g/mol. The van der Waals surface area contributed by atoms with Gasteiger partial charge in [-0.15, -0.1) is 0 Å². The molecule has 15 aromatic carbocycles. The number of fused-ring (bicyclic) bond motifs is 10.